The van der Waals surface area contributed by atoms with Crippen LogP contribution in [0.15, 0.2) is 243 Å². The Morgan fingerprint density at radius 1 is 0.283 bits per heavy atom. The lowest BCUT2D eigenvalue weighted by Gasteiger charge is -2.27. The molecule has 2 nitrogen and oxygen atoms in total. The van der Waals surface area contributed by atoms with Crippen molar-refractivity contribution in [2.75, 3.05) is 4.90 Å². The summed E-state index contributed by atoms with van der Waals surface area (Å²) in [6.45, 7) is 0. The van der Waals surface area contributed by atoms with E-state index in [2.05, 4.69) is 252 Å². The first-order valence-electron chi connectivity index (χ1n) is 20.6. The fourth-order valence-corrected chi connectivity index (χ4v) is 8.98. The molecule has 0 atom stereocenters. The summed E-state index contributed by atoms with van der Waals surface area (Å²) in [5.41, 5.74) is 16.4. The van der Waals surface area contributed by atoms with Crippen LogP contribution in [0.3, 0.4) is 0 Å². The lowest BCUT2D eigenvalue weighted by atomic mass is 9.95. The second-order valence-electron chi connectivity index (χ2n) is 15.3. The molecule has 2 heteroatoms. The van der Waals surface area contributed by atoms with Gasteiger partial charge in [0.05, 0.1) is 11.0 Å². The fraction of sp³-hybridized carbons (Fsp3) is 0. The Kier molecular flexibility index (Phi) is 8.87. The maximum absolute atomic E-state index is 2.39. The van der Waals surface area contributed by atoms with Crippen LogP contribution in [0.2, 0.25) is 0 Å². The number of aromatic nitrogens is 1. The minimum absolute atomic E-state index is 1.09. The predicted octanol–water partition coefficient (Wildman–Crippen LogP) is 16.1. The molecule has 10 aromatic carbocycles. The predicted molar refractivity (Wildman–Crippen MR) is 255 cm³/mol. The number of rotatable bonds is 8. The maximum Gasteiger partial charge on any atom is 0.0547 e. The Bertz CT molecular complexity index is 3300. The number of hydrogen-bond donors (Lipinski definition) is 0. The molecule has 0 N–H and O–H groups in total. The van der Waals surface area contributed by atoms with Gasteiger partial charge in [0.25, 0.3) is 0 Å². The van der Waals surface area contributed by atoms with Crippen molar-refractivity contribution in [1.29, 1.82) is 0 Å². The van der Waals surface area contributed by atoms with Gasteiger partial charge >= 0.3 is 0 Å². The molecule has 0 saturated carbocycles. The molecule has 60 heavy (non-hydrogen) atoms. The molecule has 0 amide bonds. The summed E-state index contributed by atoms with van der Waals surface area (Å²) in [6, 6.07) is 87.8. The van der Waals surface area contributed by atoms with Gasteiger partial charge in [0, 0.05) is 33.5 Å². The quantitative estimate of drug-likeness (QED) is 0.150. The van der Waals surface area contributed by atoms with Gasteiger partial charge in [-0.3, -0.25) is 0 Å². The van der Waals surface area contributed by atoms with Crippen LogP contribution < -0.4 is 4.90 Å². The van der Waals surface area contributed by atoms with Crippen LogP contribution in [0.1, 0.15) is 0 Å². The van der Waals surface area contributed by atoms with Gasteiger partial charge in [-0.2, -0.15) is 0 Å². The van der Waals surface area contributed by atoms with Gasteiger partial charge in [0.1, 0.15) is 0 Å². The van der Waals surface area contributed by atoms with Crippen molar-refractivity contribution in [2.24, 2.45) is 0 Å². The number of anilines is 3. The third-order valence-corrected chi connectivity index (χ3v) is 11.8. The van der Waals surface area contributed by atoms with Crippen molar-refractivity contribution in [1.82, 2.24) is 4.57 Å². The zero-order valence-corrected chi connectivity index (χ0v) is 33.0. The molecule has 1 heterocycles. The molecule has 0 aliphatic carbocycles. The highest BCUT2D eigenvalue weighted by atomic mass is 15.1. The summed E-state index contributed by atoms with van der Waals surface area (Å²) in [7, 11) is 0. The van der Waals surface area contributed by atoms with Gasteiger partial charge < -0.3 is 9.47 Å². The van der Waals surface area contributed by atoms with E-state index in [9.17, 15) is 0 Å². The van der Waals surface area contributed by atoms with Crippen molar-refractivity contribution in [3.63, 3.8) is 0 Å². The highest BCUT2D eigenvalue weighted by Gasteiger charge is 2.18. The number of nitrogens with zero attached hydrogens (tertiary/aromatic N) is 2. The Morgan fingerprint density at radius 2 is 0.800 bits per heavy atom. The fourth-order valence-electron chi connectivity index (χ4n) is 8.98. The van der Waals surface area contributed by atoms with Gasteiger partial charge in [0.15, 0.2) is 0 Å². The molecule has 282 valence electrons. The smallest absolute Gasteiger partial charge is 0.0547 e. The lowest BCUT2D eigenvalue weighted by molar-refractivity contribution is 1.18. The van der Waals surface area contributed by atoms with E-state index >= 15 is 0 Å². The Morgan fingerprint density at radius 3 is 1.57 bits per heavy atom. The van der Waals surface area contributed by atoms with E-state index in [0.29, 0.717) is 0 Å². The Hall–Kier alpha value is -7.94. The zero-order chi connectivity index (χ0) is 39.8. The highest BCUT2D eigenvalue weighted by Crippen LogP contribution is 2.42. The summed E-state index contributed by atoms with van der Waals surface area (Å²) >= 11 is 0. The third-order valence-electron chi connectivity index (χ3n) is 11.8. The molecule has 0 aliphatic rings. The summed E-state index contributed by atoms with van der Waals surface area (Å²) in [4.78, 5) is 2.38. The van der Waals surface area contributed by atoms with E-state index < -0.39 is 0 Å². The highest BCUT2D eigenvalue weighted by molar-refractivity contribution is 6.16. The minimum Gasteiger partial charge on any atom is -0.310 e. The summed E-state index contributed by atoms with van der Waals surface area (Å²) < 4.78 is 2.39. The van der Waals surface area contributed by atoms with E-state index in [1.807, 2.05) is 0 Å². The largest absolute Gasteiger partial charge is 0.310 e. The molecule has 0 fully saturated rings. The van der Waals surface area contributed by atoms with Gasteiger partial charge in [-0.25, -0.2) is 0 Å². The average molecular weight is 765 g/mol. The van der Waals surface area contributed by atoms with Crippen molar-refractivity contribution < 1.29 is 0 Å². The minimum atomic E-state index is 1.09. The van der Waals surface area contributed by atoms with Crippen LogP contribution in [0.5, 0.6) is 0 Å². The van der Waals surface area contributed by atoms with Crippen LogP contribution in [0, 0.1) is 0 Å². The lowest BCUT2D eigenvalue weighted by Crippen LogP contribution is -2.10. The molecular weight excluding hydrogens is 725 g/mol. The number of benzene rings is 10. The zero-order valence-electron chi connectivity index (χ0n) is 33.0. The van der Waals surface area contributed by atoms with Crippen LogP contribution >= 0.6 is 0 Å². The summed E-state index contributed by atoms with van der Waals surface area (Å²) in [6.07, 6.45) is 0. The first kappa shape index (κ1) is 35.2. The molecule has 1 aromatic heterocycles. The topological polar surface area (TPSA) is 8.17 Å². The number of hydrogen-bond acceptors (Lipinski definition) is 1. The van der Waals surface area contributed by atoms with Crippen LogP contribution in [-0.2, 0) is 0 Å². The van der Waals surface area contributed by atoms with Gasteiger partial charge in [0.2, 0.25) is 0 Å². The second kappa shape index (κ2) is 15.1. The normalized spacial score (nSPS) is 11.3. The summed E-state index contributed by atoms with van der Waals surface area (Å²) in [5, 5.41) is 5.02. The van der Waals surface area contributed by atoms with E-state index in [-0.39, 0.29) is 0 Å². The van der Waals surface area contributed by atoms with E-state index in [1.54, 1.807) is 0 Å². The van der Waals surface area contributed by atoms with Crippen molar-refractivity contribution in [3.8, 4) is 50.2 Å². The average Bonchev–Trinajstić information content (AvgIpc) is 3.67. The molecule has 0 unspecified atom stereocenters. The second-order valence-corrected chi connectivity index (χ2v) is 15.3. The van der Waals surface area contributed by atoms with Crippen LogP contribution in [0.4, 0.5) is 17.1 Å². The number of para-hydroxylation sites is 2. The van der Waals surface area contributed by atoms with Crippen LogP contribution in [-0.4, -0.2) is 4.57 Å². The van der Waals surface area contributed by atoms with E-state index in [1.165, 1.54) is 71.5 Å². The molecule has 0 bridgehead atoms. The first-order chi connectivity index (χ1) is 29.8. The van der Waals surface area contributed by atoms with Crippen molar-refractivity contribution >= 4 is 49.6 Å². The van der Waals surface area contributed by atoms with Gasteiger partial charge in [-0.1, -0.05) is 176 Å². The van der Waals surface area contributed by atoms with Crippen molar-refractivity contribution in [2.45, 2.75) is 0 Å². The molecule has 0 saturated heterocycles. The van der Waals surface area contributed by atoms with E-state index in [4.69, 9.17) is 0 Å². The standard InChI is InChI=1S/C58H40N2/c1-3-16-41(17-4-1)45-21-12-26-50(39-45)59(49-36-34-43(35-37-49)53-30-14-19-42-18-7-8-28-52(42)53)51-27-13-22-46(40-51)44-20-11-23-47(38-44)54-31-15-33-57-58(54)55-29-9-10-32-56(55)60(57)48-24-5-2-6-25-48/h1-40H. The van der Waals surface area contributed by atoms with Crippen molar-refractivity contribution in [3.05, 3.63) is 243 Å². The Labute approximate surface area is 350 Å². The maximum atomic E-state index is 2.39. The monoisotopic (exact) mass is 764 g/mol. The van der Waals surface area contributed by atoms with Crippen LogP contribution in [0.25, 0.3) is 82.8 Å². The summed E-state index contributed by atoms with van der Waals surface area (Å²) in [5.74, 6) is 0. The molecular formula is C58H40N2. The molecule has 0 aliphatic heterocycles. The van der Waals surface area contributed by atoms with E-state index in [0.717, 1.165) is 28.3 Å². The first-order valence-corrected chi connectivity index (χ1v) is 20.6. The van der Waals surface area contributed by atoms with Gasteiger partial charge in [-0.15, -0.1) is 0 Å². The third kappa shape index (κ3) is 6.32. The molecule has 11 rings (SSSR count). The molecule has 11 aromatic rings. The van der Waals surface area contributed by atoms with Gasteiger partial charge in [-0.05, 0) is 122 Å². The number of fused-ring (bicyclic) bond motifs is 4. The molecule has 0 spiro atoms. The Balaban J connectivity index is 1.02. The molecule has 0 radical (unpaired) electrons. The SMILES string of the molecule is c1ccc(-c2cccc(N(c3ccc(-c4cccc5ccccc45)cc3)c3cccc(-c4cccc(-c5cccc6c5c5ccccc5n6-c5ccccc5)c4)c3)c2)cc1.